The number of carbonyl (C=O) groups excluding carboxylic acids is 1. The first kappa shape index (κ1) is 20.8. The molecule has 6 nitrogen and oxygen atoms in total. The van der Waals surface area contributed by atoms with Crippen LogP contribution in [0, 0.1) is 6.92 Å². The minimum atomic E-state index is -3.57. The van der Waals surface area contributed by atoms with Crippen LogP contribution in [-0.4, -0.2) is 25.7 Å². The molecule has 29 heavy (non-hydrogen) atoms. The van der Waals surface area contributed by atoms with Crippen molar-refractivity contribution in [3.63, 3.8) is 0 Å². The Balaban J connectivity index is 1.61. The number of nitrogens with zero attached hydrogens (tertiary/aromatic N) is 1. The Morgan fingerprint density at radius 1 is 1.03 bits per heavy atom. The Labute approximate surface area is 172 Å². The topological polar surface area (TPSA) is 78.5 Å². The van der Waals surface area contributed by atoms with Crippen LogP contribution in [0.2, 0.25) is 0 Å². The van der Waals surface area contributed by atoms with Crippen LogP contribution in [0.3, 0.4) is 0 Å². The van der Waals surface area contributed by atoms with E-state index in [1.54, 1.807) is 55.6 Å². The van der Waals surface area contributed by atoms with Crippen LogP contribution in [0.5, 0.6) is 0 Å². The smallest absolute Gasteiger partial charge is 0.269 e. The van der Waals surface area contributed by atoms with Crippen molar-refractivity contribution >= 4 is 15.9 Å². The molecule has 0 atom stereocenters. The summed E-state index contributed by atoms with van der Waals surface area (Å²) in [5, 5.41) is 0. The van der Waals surface area contributed by atoms with Gasteiger partial charge in [0.15, 0.2) is 0 Å². The van der Waals surface area contributed by atoms with Crippen molar-refractivity contribution < 1.29 is 13.2 Å². The molecule has 152 valence electrons. The fraction of sp³-hybridized carbons (Fsp3) is 0.227. The summed E-state index contributed by atoms with van der Waals surface area (Å²) >= 11 is 0. The van der Waals surface area contributed by atoms with Crippen LogP contribution < -0.4 is 10.9 Å². The van der Waals surface area contributed by atoms with E-state index in [0.29, 0.717) is 5.56 Å². The summed E-state index contributed by atoms with van der Waals surface area (Å²) in [6.45, 7) is 4.16. The van der Waals surface area contributed by atoms with Crippen molar-refractivity contribution in [2.45, 2.75) is 31.7 Å². The summed E-state index contributed by atoms with van der Waals surface area (Å²) in [5.41, 5.74) is 9.95. The van der Waals surface area contributed by atoms with Gasteiger partial charge in [-0.05, 0) is 56.2 Å². The summed E-state index contributed by atoms with van der Waals surface area (Å²) < 4.78 is 26.7. The van der Waals surface area contributed by atoms with E-state index in [0.717, 1.165) is 23.2 Å². The zero-order valence-electron chi connectivity index (χ0n) is 16.8. The van der Waals surface area contributed by atoms with Gasteiger partial charge < -0.3 is 0 Å². The third kappa shape index (κ3) is 5.13. The fourth-order valence-electron chi connectivity index (χ4n) is 2.94. The van der Waals surface area contributed by atoms with Gasteiger partial charge in [-0.1, -0.05) is 41.5 Å². The lowest BCUT2D eigenvalue weighted by atomic mass is 10.1. The molecule has 0 heterocycles. The summed E-state index contributed by atoms with van der Waals surface area (Å²) in [7, 11) is -2.02. The Hall–Kier alpha value is -2.90. The summed E-state index contributed by atoms with van der Waals surface area (Å²) in [6.07, 6.45) is 4.86. The number of aryl methyl sites for hydroxylation is 1. The number of hydrazine groups is 1. The molecular formula is C22H25N3O3S. The quantitative estimate of drug-likeness (QED) is 0.686. The number of hydrogen-bond donors (Lipinski definition) is 2. The van der Waals surface area contributed by atoms with Gasteiger partial charge in [0, 0.05) is 19.2 Å². The standard InChI is InChI=1S/C22H25N3O3S/c1-16-5-12-21(13-6-16)29(27,28)25(3)15-18-7-9-19(10-8-18)22(26)24-23-20-11-4-17(2)14-20/h5-14,23H,4,15H2,1-3H3,(H,24,26). The molecule has 2 aromatic carbocycles. The predicted molar refractivity (Wildman–Crippen MR) is 113 cm³/mol. The van der Waals surface area contributed by atoms with Crippen molar-refractivity contribution in [2.24, 2.45) is 0 Å². The maximum absolute atomic E-state index is 12.7. The number of nitrogens with one attached hydrogen (secondary N) is 2. The minimum absolute atomic E-state index is 0.216. The molecule has 0 saturated carbocycles. The highest BCUT2D eigenvalue weighted by Gasteiger charge is 2.20. The number of benzene rings is 2. The monoisotopic (exact) mass is 411 g/mol. The second-order valence-corrected chi connectivity index (χ2v) is 9.25. The van der Waals surface area contributed by atoms with Crippen molar-refractivity contribution in [1.29, 1.82) is 0 Å². The zero-order chi connectivity index (χ0) is 21.0. The number of hydrogen-bond acceptors (Lipinski definition) is 4. The molecule has 1 aliphatic carbocycles. The number of amides is 1. The molecule has 0 saturated heterocycles. The van der Waals surface area contributed by atoms with Gasteiger partial charge in [-0.2, -0.15) is 4.31 Å². The molecule has 0 bridgehead atoms. The molecule has 3 rings (SSSR count). The van der Waals surface area contributed by atoms with Crippen LogP contribution in [-0.2, 0) is 16.6 Å². The molecule has 2 N–H and O–H groups in total. The largest absolute Gasteiger partial charge is 0.299 e. The molecule has 0 aliphatic heterocycles. The van der Waals surface area contributed by atoms with Crippen LogP contribution in [0.15, 0.2) is 76.8 Å². The van der Waals surface area contributed by atoms with Gasteiger partial charge in [0.1, 0.15) is 0 Å². The average molecular weight is 412 g/mol. The van der Waals surface area contributed by atoms with E-state index in [1.807, 2.05) is 26.0 Å². The second kappa shape index (κ2) is 8.63. The first-order valence-electron chi connectivity index (χ1n) is 9.31. The lowest BCUT2D eigenvalue weighted by Crippen LogP contribution is -2.36. The Morgan fingerprint density at radius 3 is 2.28 bits per heavy atom. The molecule has 0 fully saturated rings. The minimum Gasteiger partial charge on any atom is -0.299 e. The van der Waals surface area contributed by atoms with Gasteiger partial charge in [0.2, 0.25) is 10.0 Å². The van der Waals surface area contributed by atoms with E-state index in [4.69, 9.17) is 0 Å². The highest BCUT2D eigenvalue weighted by Crippen LogP contribution is 2.18. The van der Waals surface area contributed by atoms with Crippen molar-refractivity contribution in [1.82, 2.24) is 15.2 Å². The highest BCUT2D eigenvalue weighted by molar-refractivity contribution is 7.89. The van der Waals surface area contributed by atoms with E-state index >= 15 is 0 Å². The SMILES string of the molecule is CC1=CC(NNC(=O)c2ccc(CN(C)S(=O)(=O)c3ccc(C)cc3)cc2)=CC1. The number of allylic oxidation sites excluding steroid dienone is 3. The lowest BCUT2D eigenvalue weighted by molar-refractivity contribution is 0.0939. The van der Waals surface area contributed by atoms with E-state index < -0.39 is 10.0 Å². The van der Waals surface area contributed by atoms with Crippen LogP contribution >= 0.6 is 0 Å². The van der Waals surface area contributed by atoms with E-state index in [2.05, 4.69) is 10.9 Å². The second-order valence-electron chi connectivity index (χ2n) is 7.20. The molecule has 0 radical (unpaired) electrons. The zero-order valence-corrected chi connectivity index (χ0v) is 17.6. The number of carbonyl (C=O) groups is 1. The fourth-order valence-corrected chi connectivity index (χ4v) is 4.10. The van der Waals surface area contributed by atoms with Gasteiger partial charge in [-0.3, -0.25) is 15.6 Å². The Morgan fingerprint density at radius 2 is 1.69 bits per heavy atom. The van der Waals surface area contributed by atoms with Gasteiger partial charge >= 0.3 is 0 Å². The van der Waals surface area contributed by atoms with Gasteiger partial charge in [-0.25, -0.2) is 8.42 Å². The van der Waals surface area contributed by atoms with E-state index in [-0.39, 0.29) is 17.3 Å². The van der Waals surface area contributed by atoms with Crippen molar-refractivity contribution in [3.05, 3.63) is 88.6 Å². The molecule has 0 spiro atoms. The molecule has 2 aromatic rings. The Kier molecular flexibility index (Phi) is 6.20. The van der Waals surface area contributed by atoms with Gasteiger partial charge in [0.25, 0.3) is 5.91 Å². The maximum atomic E-state index is 12.7. The van der Waals surface area contributed by atoms with Crippen molar-refractivity contribution in [3.8, 4) is 0 Å². The molecular weight excluding hydrogens is 386 g/mol. The first-order chi connectivity index (χ1) is 13.8. The van der Waals surface area contributed by atoms with Crippen LogP contribution in [0.25, 0.3) is 0 Å². The number of sulfonamides is 1. The third-order valence-electron chi connectivity index (χ3n) is 4.72. The van der Waals surface area contributed by atoms with E-state index in [1.165, 1.54) is 9.88 Å². The Bertz CT molecular complexity index is 1050. The highest BCUT2D eigenvalue weighted by atomic mass is 32.2. The van der Waals surface area contributed by atoms with Crippen molar-refractivity contribution in [2.75, 3.05) is 7.05 Å². The van der Waals surface area contributed by atoms with Gasteiger partial charge in [0.05, 0.1) is 10.6 Å². The third-order valence-corrected chi connectivity index (χ3v) is 6.53. The molecule has 1 amide bonds. The summed E-state index contributed by atoms with van der Waals surface area (Å²) in [5.74, 6) is -0.254. The molecule has 7 heteroatoms. The van der Waals surface area contributed by atoms with Crippen LogP contribution in [0.1, 0.15) is 34.8 Å². The molecule has 0 unspecified atom stereocenters. The summed E-state index contributed by atoms with van der Waals surface area (Å²) in [4.78, 5) is 12.5. The van der Waals surface area contributed by atoms with Gasteiger partial charge in [-0.15, -0.1) is 0 Å². The molecule has 0 aromatic heterocycles. The normalized spacial score (nSPS) is 13.8. The maximum Gasteiger partial charge on any atom is 0.269 e. The summed E-state index contributed by atoms with van der Waals surface area (Å²) in [6, 6.07) is 13.7. The van der Waals surface area contributed by atoms with Crippen LogP contribution in [0.4, 0.5) is 0 Å². The average Bonchev–Trinajstić information content (AvgIpc) is 3.12. The molecule has 1 aliphatic rings. The lowest BCUT2D eigenvalue weighted by Gasteiger charge is -2.17. The van der Waals surface area contributed by atoms with E-state index in [9.17, 15) is 13.2 Å². The number of rotatable bonds is 7. The first-order valence-corrected chi connectivity index (χ1v) is 10.8. The predicted octanol–water partition coefficient (Wildman–Crippen LogP) is 3.28.